The van der Waals surface area contributed by atoms with Crippen LogP contribution in [-0.2, 0) is 4.79 Å². The van der Waals surface area contributed by atoms with Gasteiger partial charge in [0.1, 0.15) is 11.6 Å². The molecule has 0 unspecified atom stereocenters. The van der Waals surface area contributed by atoms with Crippen molar-refractivity contribution < 1.29 is 13.6 Å². The summed E-state index contributed by atoms with van der Waals surface area (Å²) in [5.41, 5.74) is 2.14. The van der Waals surface area contributed by atoms with E-state index in [1.54, 1.807) is 0 Å². The van der Waals surface area contributed by atoms with E-state index in [1.165, 1.54) is 4.90 Å². The maximum Gasteiger partial charge on any atom is 0.232 e. The van der Waals surface area contributed by atoms with Crippen molar-refractivity contribution in [2.45, 2.75) is 12.1 Å². The van der Waals surface area contributed by atoms with Gasteiger partial charge >= 0.3 is 0 Å². The fraction of sp³-hybridized carbons (Fsp3) is 0.167. The lowest BCUT2D eigenvalue weighted by Gasteiger charge is -2.48. The largest absolute Gasteiger partial charge is 0.306 e. The second kappa shape index (κ2) is 8.95. The van der Waals surface area contributed by atoms with Gasteiger partial charge in [0.15, 0.2) is 0 Å². The van der Waals surface area contributed by atoms with E-state index in [0.29, 0.717) is 23.1 Å². The molecule has 7 heteroatoms. The number of carbonyl (C=O) groups is 1. The third kappa shape index (κ3) is 4.74. The highest BCUT2D eigenvalue weighted by molar-refractivity contribution is 6.30. The van der Waals surface area contributed by atoms with E-state index in [0.717, 1.165) is 29.3 Å². The molecule has 0 aromatic heterocycles. The molecule has 1 aliphatic rings. The van der Waals surface area contributed by atoms with Crippen LogP contribution < -0.4 is 4.90 Å². The fourth-order valence-electron chi connectivity index (χ4n) is 3.96. The van der Waals surface area contributed by atoms with Crippen LogP contribution in [0.4, 0.5) is 14.5 Å². The Balaban J connectivity index is 1.61. The Morgan fingerprint density at radius 1 is 0.903 bits per heavy atom. The van der Waals surface area contributed by atoms with E-state index in [-0.39, 0.29) is 17.8 Å². The van der Waals surface area contributed by atoms with Gasteiger partial charge < -0.3 is 4.90 Å². The van der Waals surface area contributed by atoms with Crippen LogP contribution in [0.5, 0.6) is 0 Å². The Labute approximate surface area is 189 Å². The molecule has 3 nitrogen and oxygen atoms in total. The first-order valence-corrected chi connectivity index (χ1v) is 10.4. The van der Waals surface area contributed by atoms with Gasteiger partial charge in [0.05, 0.1) is 19.0 Å². The van der Waals surface area contributed by atoms with E-state index in [9.17, 15) is 13.6 Å². The van der Waals surface area contributed by atoms with Crippen LogP contribution in [0.2, 0.25) is 10.0 Å². The summed E-state index contributed by atoms with van der Waals surface area (Å²) in [5, 5.41) is 1.27. The minimum Gasteiger partial charge on any atom is -0.306 e. The smallest absolute Gasteiger partial charge is 0.232 e. The van der Waals surface area contributed by atoms with E-state index in [4.69, 9.17) is 30.1 Å². The van der Waals surface area contributed by atoms with Gasteiger partial charge in [0.25, 0.3) is 0 Å². The molecule has 0 N–H and O–H groups in total. The maximum absolute atomic E-state index is 13.7. The predicted molar refractivity (Wildman–Crippen MR) is 118 cm³/mol. The second-order valence-corrected chi connectivity index (χ2v) is 8.32. The molecule has 1 amide bonds. The van der Waals surface area contributed by atoms with Crippen LogP contribution >= 0.6 is 23.2 Å². The van der Waals surface area contributed by atoms with Crippen molar-refractivity contribution >= 4 is 34.8 Å². The second-order valence-electron chi connectivity index (χ2n) is 7.45. The van der Waals surface area contributed by atoms with Crippen LogP contribution in [0.1, 0.15) is 17.2 Å². The van der Waals surface area contributed by atoms with Gasteiger partial charge in [-0.3, -0.25) is 9.69 Å². The van der Waals surface area contributed by atoms with Gasteiger partial charge in [-0.05, 0) is 47.5 Å². The molecule has 3 aromatic rings. The zero-order valence-electron chi connectivity index (χ0n) is 16.3. The first-order valence-electron chi connectivity index (χ1n) is 9.61. The number of carbonyl (C=O) groups excluding carboxylic acids is 1. The lowest BCUT2D eigenvalue weighted by molar-refractivity contribution is -0.115. The lowest BCUT2D eigenvalue weighted by Crippen LogP contribution is -2.61. The summed E-state index contributed by atoms with van der Waals surface area (Å²) in [5.74, 6) is -2.29. The van der Waals surface area contributed by atoms with Crippen LogP contribution in [0.15, 0.2) is 66.7 Å². The number of amides is 1. The van der Waals surface area contributed by atoms with Crippen molar-refractivity contribution in [2.75, 3.05) is 18.0 Å². The Kier molecular flexibility index (Phi) is 6.28. The lowest BCUT2D eigenvalue weighted by atomic mass is 9.92. The normalized spacial score (nSPS) is 14.5. The first-order chi connectivity index (χ1) is 14.8. The monoisotopic (exact) mass is 458 g/mol. The van der Waals surface area contributed by atoms with Crippen LogP contribution in [-0.4, -0.2) is 29.9 Å². The summed E-state index contributed by atoms with van der Waals surface area (Å²) >= 11 is 12.1. The molecule has 1 aliphatic heterocycles. The molecule has 1 fully saturated rings. The number of likely N-dealkylation sites (tertiary alicyclic amines) is 1. The molecular weight excluding hydrogens is 441 g/mol. The summed E-state index contributed by atoms with van der Waals surface area (Å²) in [6, 6.07) is 17.6. The molecule has 2 radical (unpaired) electrons. The maximum atomic E-state index is 13.7. The number of hydrogen-bond acceptors (Lipinski definition) is 2. The molecule has 0 bridgehead atoms. The Hall–Kier alpha value is -2.47. The minimum atomic E-state index is -0.766. The molecule has 0 atom stereocenters. The van der Waals surface area contributed by atoms with Crippen LogP contribution in [0.25, 0.3) is 0 Å². The van der Waals surface area contributed by atoms with Gasteiger partial charge in [-0.15, -0.1) is 0 Å². The van der Waals surface area contributed by atoms with Gasteiger partial charge in [0, 0.05) is 34.9 Å². The Bertz CT molecular complexity index is 1020. The van der Waals surface area contributed by atoms with Crippen LogP contribution in [0.3, 0.4) is 0 Å². The van der Waals surface area contributed by atoms with Crippen molar-refractivity contribution in [1.82, 2.24) is 4.90 Å². The summed E-state index contributed by atoms with van der Waals surface area (Å²) in [4.78, 5) is 15.5. The third-order valence-electron chi connectivity index (χ3n) is 5.36. The van der Waals surface area contributed by atoms with E-state index in [2.05, 4.69) is 4.90 Å². The average molecular weight is 459 g/mol. The van der Waals surface area contributed by atoms with Crippen molar-refractivity contribution in [2.24, 2.45) is 0 Å². The van der Waals surface area contributed by atoms with Crippen LogP contribution in [0, 0.1) is 18.6 Å². The standard InChI is InChI=1S/C24H18Cl2F2N2O/c1-15(31)30(22-11-20(27)10-21(28)12-22)23-13-29(14-23)24(16-2-6-18(25)7-3-16)17-4-8-19(26)9-5-17/h1-12,23-24H,13-14H2. The number of anilines is 1. The average Bonchev–Trinajstić information content (AvgIpc) is 2.67. The number of rotatable bonds is 5. The number of halogens is 4. The number of nitrogens with zero attached hydrogens (tertiary/aromatic N) is 2. The van der Waals surface area contributed by atoms with Crippen molar-refractivity contribution in [3.8, 4) is 0 Å². The van der Waals surface area contributed by atoms with E-state index >= 15 is 0 Å². The predicted octanol–water partition coefficient (Wildman–Crippen LogP) is 5.79. The van der Waals surface area contributed by atoms with Gasteiger partial charge in [-0.2, -0.15) is 0 Å². The molecule has 1 saturated heterocycles. The molecule has 3 aromatic carbocycles. The molecule has 1 heterocycles. The zero-order valence-corrected chi connectivity index (χ0v) is 17.8. The molecule has 4 rings (SSSR count). The fourth-order valence-corrected chi connectivity index (χ4v) is 4.21. The molecule has 31 heavy (non-hydrogen) atoms. The summed E-state index contributed by atoms with van der Waals surface area (Å²) in [7, 11) is 0. The SMILES string of the molecule is [CH]C(=O)N(c1cc(F)cc(F)c1)C1CN(C(c2ccc(Cl)cc2)c2ccc(Cl)cc2)C1. The minimum absolute atomic E-state index is 0.101. The number of benzene rings is 3. The molecular formula is C24H18Cl2F2N2O. The topological polar surface area (TPSA) is 23.6 Å². The highest BCUT2D eigenvalue weighted by Gasteiger charge is 2.39. The Morgan fingerprint density at radius 2 is 1.35 bits per heavy atom. The van der Waals surface area contributed by atoms with Crippen molar-refractivity contribution in [3.63, 3.8) is 0 Å². The summed E-state index contributed by atoms with van der Waals surface area (Å²) in [6.07, 6.45) is 0. The number of hydrogen-bond donors (Lipinski definition) is 0. The molecule has 0 aliphatic carbocycles. The van der Waals surface area contributed by atoms with Gasteiger partial charge in [-0.25, -0.2) is 8.78 Å². The first kappa shape index (κ1) is 21.8. The Morgan fingerprint density at radius 3 is 1.77 bits per heavy atom. The van der Waals surface area contributed by atoms with E-state index in [1.807, 2.05) is 48.5 Å². The molecule has 0 spiro atoms. The van der Waals surface area contributed by atoms with Gasteiger partial charge in [-0.1, -0.05) is 47.5 Å². The van der Waals surface area contributed by atoms with E-state index < -0.39 is 17.5 Å². The highest BCUT2D eigenvalue weighted by atomic mass is 35.5. The van der Waals surface area contributed by atoms with Crippen molar-refractivity contribution in [1.29, 1.82) is 0 Å². The molecule has 158 valence electrons. The third-order valence-corrected chi connectivity index (χ3v) is 5.86. The zero-order chi connectivity index (χ0) is 22.1. The quantitative estimate of drug-likeness (QED) is 0.482. The van der Waals surface area contributed by atoms with Crippen molar-refractivity contribution in [3.05, 3.63) is 106 Å². The highest BCUT2D eigenvalue weighted by Crippen LogP contribution is 2.36. The summed E-state index contributed by atoms with van der Waals surface area (Å²) < 4.78 is 27.4. The molecule has 0 saturated carbocycles. The van der Waals surface area contributed by atoms with Gasteiger partial charge in [0.2, 0.25) is 5.91 Å². The summed E-state index contributed by atoms with van der Waals surface area (Å²) in [6.45, 7) is 6.49.